The summed E-state index contributed by atoms with van der Waals surface area (Å²) in [6, 6.07) is 1.22. The number of rotatable bonds is 4. The molecular weight excluding hydrogens is 243 g/mol. The lowest BCUT2D eigenvalue weighted by atomic mass is 10.1. The molecule has 0 aliphatic rings. The molecule has 0 radical (unpaired) electrons. The summed E-state index contributed by atoms with van der Waals surface area (Å²) in [4.78, 5) is 17.5. The fourth-order valence-corrected chi connectivity index (χ4v) is 1.79. The van der Waals surface area contributed by atoms with E-state index < -0.39 is 5.82 Å². The van der Waals surface area contributed by atoms with Crippen molar-refractivity contribution in [1.82, 2.24) is 9.88 Å². The highest BCUT2D eigenvalue weighted by molar-refractivity contribution is 6.32. The maximum Gasteiger partial charge on any atom is 0.257 e. The van der Waals surface area contributed by atoms with Gasteiger partial charge in [-0.3, -0.25) is 4.79 Å². The minimum Gasteiger partial charge on any atom is -0.336 e. The van der Waals surface area contributed by atoms with Crippen molar-refractivity contribution in [2.75, 3.05) is 6.54 Å². The molecule has 1 aromatic heterocycles. The van der Waals surface area contributed by atoms with E-state index in [1.165, 1.54) is 0 Å². The largest absolute Gasteiger partial charge is 0.336 e. The van der Waals surface area contributed by atoms with Gasteiger partial charge in [-0.25, -0.2) is 9.37 Å². The SMILES string of the molecule is CCC(C)N(CC)C(=O)c1cc(F)cnc1Cl. The maximum absolute atomic E-state index is 13.1. The predicted molar refractivity (Wildman–Crippen MR) is 65.7 cm³/mol. The molecule has 1 atom stereocenters. The number of carbonyl (C=O) groups excluding carboxylic acids is 1. The second-order valence-electron chi connectivity index (χ2n) is 3.84. The van der Waals surface area contributed by atoms with Crippen LogP contribution in [0.3, 0.4) is 0 Å². The molecule has 1 unspecified atom stereocenters. The van der Waals surface area contributed by atoms with Gasteiger partial charge < -0.3 is 4.90 Å². The van der Waals surface area contributed by atoms with Gasteiger partial charge in [-0.05, 0) is 26.3 Å². The third kappa shape index (κ3) is 3.16. The fourth-order valence-electron chi connectivity index (χ4n) is 1.60. The van der Waals surface area contributed by atoms with Gasteiger partial charge in [0.1, 0.15) is 11.0 Å². The first-order valence-corrected chi connectivity index (χ1v) is 6.01. The molecule has 17 heavy (non-hydrogen) atoms. The second-order valence-corrected chi connectivity index (χ2v) is 4.20. The smallest absolute Gasteiger partial charge is 0.257 e. The maximum atomic E-state index is 13.1. The predicted octanol–water partition coefficient (Wildman–Crippen LogP) is 3.13. The summed E-state index contributed by atoms with van der Waals surface area (Å²) in [5.41, 5.74) is 0.119. The number of aromatic nitrogens is 1. The Morgan fingerprint density at radius 3 is 2.76 bits per heavy atom. The Balaban J connectivity index is 3.05. The molecule has 3 nitrogen and oxygen atoms in total. The van der Waals surface area contributed by atoms with E-state index in [2.05, 4.69) is 4.98 Å². The summed E-state index contributed by atoms with van der Waals surface area (Å²) in [6.07, 6.45) is 1.83. The number of hydrogen-bond donors (Lipinski definition) is 0. The van der Waals surface area contributed by atoms with Crippen LogP contribution in [0.25, 0.3) is 0 Å². The van der Waals surface area contributed by atoms with Crippen LogP contribution in [-0.2, 0) is 0 Å². The first kappa shape index (κ1) is 13.9. The van der Waals surface area contributed by atoms with E-state index >= 15 is 0 Å². The normalized spacial score (nSPS) is 12.3. The van der Waals surface area contributed by atoms with Crippen molar-refractivity contribution in [3.8, 4) is 0 Å². The summed E-state index contributed by atoms with van der Waals surface area (Å²) >= 11 is 5.81. The number of carbonyl (C=O) groups is 1. The van der Waals surface area contributed by atoms with Crippen molar-refractivity contribution in [3.63, 3.8) is 0 Å². The van der Waals surface area contributed by atoms with E-state index in [-0.39, 0.29) is 22.7 Å². The third-order valence-corrected chi connectivity index (χ3v) is 3.06. The van der Waals surface area contributed by atoms with Crippen LogP contribution < -0.4 is 0 Å². The molecule has 0 aromatic carbocycles. The van der Waals surface area contributed by atoms with E-state index in [0.29, 0.717) is 6.54 Å². The van der Waals surface area contributed by atoms with E-state index in [0.717, 1.165) is 18.7 Å². The van der Waals surface area contributed by atoms with E-state index in [9.17, 15) is 9.18 Å². The number of hydrogen-bond acceptors (Lipinski definition) is 2. The van der Waals surface area contributed by atoms with Crippen LogP contribution in [0.1, 0.15) is 37.6 Å². The van der Waals surface area contributed by atoms with Crippen LogP contribution in [0.2, 0.25) is 5.15 Å². The Labute approximate surface area is 106 Å². The highest BCUT2D eigenvalue weighted by Gasteiger charge is 2.22. The Kier molecular flexibility index (Phi) is 4.87. The summed E-state index contributed by atoms with van der Waals surface area (Å²) in [7, 11) is 0. The van der Waals surface area contributed by atoms with Crippen molar-refractivity contribution in [2.24, 2.45) is 0 Å². The average Bonchev–Trinajstić information content (AvgIpc) is 2.32. The first-order valence-electron chi connectivity index (χ1n) is 5.63. The minimum atomic E-state index is -0.557. The van der Waals surface area contributed by atoms with Crippen molar-refractivity contribution in [3.05, 3.63) is 28.8 Å². The summed E-state index contributed by atoms with van der Waals surface area (Å²) in [5, 5.41) is 0.0400. The number of amides is 1. The lowest BCUT2D eigenvalue weighted by Crippen LogP contribution is -2.38. The van der Waals surface area contributed by atoms with Crippen molar-refractivity contribution >= 4 is 17.5 Å². The van der Waals surface area contributed by atoms with Gasteiger partial charge in [0.25, 0.3) is 5.91 Å². The van der Waals surface area contributed by atoms with Gasteiger partial charge >= 0.3 is 0 Å². The fraction of sp³-hybridized carbons (Fsp3) is 0.500. The quantitative estimate of drug-likeness (QED) is 0.778. The molecule has 5 heteroatoms. The van der Waals surface area contributed by atoms with Crippen molar-refractivity contribution in [1.29, 1.82) is 0 Å². The summed E-state index contributed by atoms with van der Waals surface area (Å²) < 4.78 is 13.1. The van der Waals surface area contributed by atoms with Gasteiger partial charge in [0.2, 0.25) is 0 Å². The van der Waals surface area contributed by atoms with E-state index in [1.807, 2.05) is 20.8 Å². The van der Waals surface area contributed by atoms with Crippen LogP contribution in [0.5, 0.6) is 0 Å². The van der Waals surface area contributed by atoms with Crippen LogP contribution >= 0.6 is 11.6 Å². The molecular formula is C12H16ClFN2O. The van der Waals surface area contributed by atoms with Crippen LogP contribution in [-0.4, -0.2) is 28.4 Å². The molecule has 0 saturated heterocycles. The highest BCUT2D eigenvalue weighted by atomic mass is 35.5. The van der Waals surface area contributed by atoms with Gasteiger partial charge in [0.15, 0.2) is 0 Å². The number of nitrogens with zero attached hydrogens (tertiary/aromatic N) is 2. The standard InChI is InChI=1S/C12H16ClFN2O/c1-4-8(3)16(5-2)12(17)10-6-9(14)7-15-11(10)13/h6-8H,4-5H2,1-3H3. The number of pyridine rings is 1. The number of halogens is 2. The van der Waals surface area contributed by atoms with Crippen molar-refractivity contribution in [2.45, 2.75) is 33.2 Å². The minimum absolute atomic E-state index is 0.0400. The van der Waals surface area contributed by atoms with Crippen molar-refractivity contribution < 1.29 is 9.18 Å². The third-order valence-electron chi connectivity index (χ3n) is 2.76. The molecule has 0 N–H and O–H groups in total. The molecule has 0 saturated carbocycles. The molecule has 1 aromatic rings. The van der Waals surface area contributed by atoms with Crippen LogP contribution in [0.4, 0.5) is 4.39 Å². The molecule has 0 spiro atoms. The Morgan fingerprint density at radius 1 is 1.59 bits per heavy atom. The van der Waals surface area contributed by atoms with Gasteiger partial charge in [-0.15, -0.1) is 0 Å². The monoisotopic (exact) mass is 258 g/mol. The Morgan fingerprint density at radius 2 is 2.24 bits per heavy atom. The summed E-state index contributed by atoms with van der Waals surface area (Å²) in [6.45, 7) is 6.37. The van der Waals surface area contributed by atoms with Gasteiger partial charge in [-0.2, -0.15) is 0 Å². The molecule has 0 aliphatic carbocycles. The zero-order chi connectivity index (χ0) is 13.0. The molecule has 0 aliphatic heterocycles. The summed E-state index contributed by atoms with van der Waals surface area (Å²) in [5.74, 6) is -0.836. The van der Waals surface area contributed by atoms with Crippen LogP contribution in [0.15, 0.2) is 12.3 Å². The molecule has 1 heterocycles. The molecule has 0 bridgehead atoms. The van der Waals surface area contributed by atoms with Gasteiger partial charge in [0, 0.05) is 12.6 Å². The van der Waals surface area contributed by atoms with Crippen LogP contribution in [0, 0.1) is 5.82 Å². The Hall–Kier alpha value is -1.16. The lowest BCUT2D eigenvalue weighted by molar-refractivity contribution is 0.0699. The first-order chi connectivity index (χ1) is 8.01. The molecule has 1 rings (SSSR count). The van der Waals surface area contributed by atoms with E-state index in [4.69, 9.17) is 11.6 Å². The lowest BCUT2D eigenvalue weighted by Gasteiger charge is -2.27. The van der Waals surface area contributed by atoms with Gasteiger partial charge in [-0.1, -0.05) is 18.5 Å². The van der Waals surface area contributed by atoms with E-state index in [1.54, 1.807) is 4.90 Å². The van der Waals surface area contributed by atoms with Gasteiger partial charge in [0.05, 0.1) is 11.8 Å². The molecule has 0 fully saturated rings. The average molecular weight is 259 g/mol. The topological polar surface area (TPSA) is 33.2 Å². The molecule has 94 valence electrons. The zero-order valence-electron chi connectivity index (χ0n) is 10.2. The highest BCUT2D eigenvalue weighted by Crippen LogP contribution is 2.18. The Bertz CT molecular complexity index is 411. The molecule has 1 amide bonds. The second kappa shape index (κ2) is 5.96. The zero-order valence-corrected chi connectivity index (χ0v) is 11.0.